The summed E-state index contributed by atoms with van der Waals surface area (Å²) in [5, 5.41) is 18.0. The Morgan fingerprint density at radius 2 is 2.29 bits per heavy atom. The maximum atomic E-state index is 9.16. The van der Waals surface area contributed by atoms with Crippen molar-refractivity contribution >= 4 is 0 Å². The van der Waals surface area contributed by atoms with E-state index in [-0.39, 0.29) is 13.2 Å². The molecule has 1 saturated heterocycles. The molecule has 1 rings (SSSR count). The summed E-state index contributed by atoms with van der Waals surface area (Å²) >= 11 is 0. The second-order valence-electron chi connectivity index (χ2n) is 3.89. The molecular weight excluding hydrogens is 218 g/mol. The van der Waals surface area contributed by atoms with Gasteiger partial charge in [0, 0.05) is 13.2 Å². The van der Waals surface area contributed by atoms with Crippen LogP contribution in [-0.4, -0.2) is 48.0 Å². The zero-order chi connectivity index (χ0) is 12.7. The number of nitrogens with zero attached hydrogens (tertiary/aromatic N) is 1. The third-order valence-corrected chi connectivity index (χ3v) is 2.73. The SMILES string of the molecule is C=C1OCCN(CCCO)/C1=C/C(=C\C)CO. The van der Waals surface area contributed by atoms with E-state index in [2.05, 4.69) is 11.5 Å². The van der Waals surface area contributed by atoms with Crippen LogP contribution in [0.15, 0.2) is 35.8 Å². The molecule has 0 atom stereocenters. The van der Waals surface area contributed by atoms with Crippen LogP contribution in [0.25, 0.3) is 0 Å². The van der Waals surface area contributed by atoms with E-state index in [1.54, 1.807) is 0 Å². The molecule has 1 fully saturated rings. The highest BCUT2D eigenvalue weighted by atomic mass is 16.5. The van der Waals surface area contributed by atoms with E-state index in [4.69, 9.17) is 14.9 Å². The number of hydrogen-bond acceptors (Lipinski definition) is 4. The molecule has 96 valence electrons. The average Bonchev–Trinajstić information content (AvgIpc) is 2.35. The molecule has 0 aromatic heterocycles. The van der Waals surface area contributed by atoms with E-state index in [1.807, 2.05) is 19.1 Å². The predicted octanol–water partition coefficient (Wildman–Crippen LogP) is 1.04. The van der Waals surface area contributed by atoms with E-state index in [0.29, 0.717) is 12.4 Å². The van der Waals surface area contributed by atoms with Crippen LogP contribution < -0.4 is 0 Å². The van der Waals surface area contributed by atoms with Gasteiger partial charge in [-0.05, 0) is 25.0 Å². The van der Waals surface area contributed by atoms with E-state index in [1.165, 1.54) is 0 Å². The van der Waals surface area contributed by atoms with Crippen molar-refractivity contribution in [3.05, 3.63) is 35.8 Å². The molecule has 0 radical (unpaired) electrons. The zero-order valence-corrected chi connectivity index (χ0v) is 10.4. The van der Waals surface area contributed by atoms with E-state index >= 15 is 0 Å². The standard InChI is InChI=1S/C13H21NO3/c1-3-12(10-16)9-13-11(2)17-8-6-14(13)5-4-7-15/h3,9,15-16H,2,4-8,10H2,1H3/b12-3+,13-9+. The highest BCUT2D eigenvalue weighted by molar-refractivity contribution is 5.33. The van der Waals surface area contributed by atoms with Gasteiger partial charge in [-0.15, -0.1) is 0 Å². The van der Waals surface area contributed by atoms with Gasteiger partial charge >= 0.3 is 0 Å². The highest BCUT2D eigenvalue weighted by Crippen LogP contribution is 2.21. The third-order valence-electron chi connectivity index (χ3n) is 2.73. The van der Waals surface area contributed by atoms with E-state index < -0.39 is 0 Å². The molecule has 0 saturated carbocycles. The molecule has 17 heavy (non-hydrogen) atoms. The fourth-order valence-electron chi connectivity index (χ4n) is 1.71. The Morgan fingerprint density at radius 1 is 1.53 bits per heavy atom. The molecule has 1 aliphatic rings. The summed E-state index contributed by atoms with van der Waals surface area (Å²) in [6.07, 6.45) is 4.47. The number of aliphatic hydroxyl groups is 2. The van der Waals surface area contributed by atoms with Gasteiger partial charge < -0.3 is 19.8 Å². The van der Waals surface area contributed by atoms with Crippen molar-refractivity contribution in [2.75, 3.05) is 32.9 Å². The first-order valence-corrected chi connectivity index (χ1v) is 5.88. The largest absolute Gasteiger partial charge is 0.490 e. The Bertz CT molecular complexity index is 321. The number of morpholine rings is 1. The number of ether oxygens (including phenoxy) is 1. The van der Waals surface area contributed by atoms with Gasteiger partial charge in [0.05, 0.1) is 18.8 Å². The molecule has 4 nitrogen and oxygen atoms in total. The van der Waals surface area contributed by atoms with E-state index in [9.17, 15) is 0 Å². The molecule has 0 aliphatic carbocycles. The van der Waals surface area contributed by atoms with Crippen molar-refractivity contribution in [1.29, 1.82) is 0 Å². The van der Waals surface area contributed by atoms with Gasteiger partial charge in [0.25, 0.3) is 0 Å². The average molecular weight is 239 g/mol. The lowest BCUT2D eigenvalue weighted by Gasteiger charge is -2.33. The Labute approximate surface area is 103 Å². The molecule has 0 spiro atoms. The molecule has 4 heteroatoms. The summed E-state index contributed by atoms with van der Waals surface area (Å²) in [6.45, 7) is 8.10. The Kier molecular flexibility index (Phi) is 5.80. The summed E-state index contributed by atoms with van der Waals surface area (Å²) in [4.78, 5) is 2.13. The van der Waals surface area contributed by atoms with Crippen LogP contribution in [0.2, 0.25) is 0 Å². The summed E-state index contributed by atoms with van der Waals surface area (Å²) in [6, 6.07) is 0. The van der Waals surface area contributed by atoms with Gasteiger partial charge in [0.1, 0.15) is 12.4 Å². The molecular formula is C13H21NO3. The molecule has 1 aliphatic heterocycles. The fourth-order valence-corrected chi connectivity index (χ4v) is 1.71. The van der Waals surface area contributed by atoms with Crippen molar-refractivity contribution in [3.63, 3.8) is 0 Å². The van der Waals surface area contributed by atoms with Gasteiger partial charge in [-0.3, -0.25) is 0 Å². The Hall–Kier alpha value is -1.26. The first kappa shape index (κ1) is 13.8. The first-order valence-electron chi connectivity index (χ1n) is 5.88. The van der Waals surface area contributed by atoms with Crippen molar-refractivity contribution < 1.29 is 14.9 Å². The van der Waals surface area contributed by atoms with Crippen LogP contribution in [-0.2, 0) is 4.74 Å². The van der Waals surface area contributed by atoms with Crippen LogP contribution in [0, 0.1) is 0 Å². The summed E-state index contributed by atoms with van der Waals surface area (Å²) < 4.78 is 5.41. The van der Waals surface area contributed by atoms with Crippen LogP contribution >= 0.6 is 0 Å². The summed E-state index contributed by atoms with van der Waals surface area (Å²) in [5.41, 5.74) is 1.73. The van der Waals surface area contributed by atoms with Gasteiger partial charge in [0.2, 0.25) is 0 Å². The highest BCUT2D eigenvalue weighted by Gasteiger charge is 2.19. The Morgan fingerprint density at radius 3 is 2.88 bits per heavy atom. The number of rotatable bonds is 5. The van der Waals surface area contributed by atoms with Gasteiger partial charge in [-0.1, -0.05) is 12.7 Å². The van der Waals surface area contributed by atoms with Gasteiger partial charge in [0.15, 0.2) is 0 Å². The van der Waals surface area contributed by atoms with Gasteiger partial charge in [-0.25, -0.2) is 0 Å². The molecule has 0 amide bonds. The topological polar surface area (TPSA) is 52.9 Å². The van der Waals surface area contributed by atoms with Crippen LogP contribution in [0.1, 0.15) is 13.3 Å². The normalized spacial score (nSPS) is 19.7. The third kappa shape index (κ3) is 3.91. The number of allylic oxidation sites excluding steroid dienone is 1. The maximum absolute atomic E-state index is 9.16. The second kappa shape index (κ2) is 7.14. The van der Waals surface area contributed by atoms with Gasteiger partial charge in [-0.2, -0.15) is 0 Å². The zero-order valence-electron chi connectivity index (χ0n) is 10.4. The molecule has 2 N–H and O–H groups in total. The van der Waals surface area contributed by atoms with Crippen molar-refractivity contribution in [2.45, 2.75) is 13.3 Å². The lowest BCUT2D eigenvalue weighted by atomic mass is 10.1. The van der Waals surface area contributed by atoms with Crippen molar-refractivity contribution in [3.8, 4) is 0 Å². The molecule has 1 heterocycles. The minimum Gasteiger partial charge on any atom is -0.490 e. The maximum Gasteiger partial charge on any atom is 0.135 e. The Balaban J connectivity index is 2.83. The van der Waals surface area contributed by atoms with Crippen LogP contribution in [0.3, 0.4) is 0 Å². The lowest BCUT2D eigenvalue weighted by molar-refractivity contribution is 0.123. The smallest absolute Gasteiger partial charge is 0.135 e. The van der Waals surface area contributed by atoms with Crippen molar-refractivity contribution in [1.82, 2.24) is 4.90 Å². The lowest BCUT2D eigenvalue weighted by Crippen LogP contribution is -2.34. The van der Waals surface area contributed by atoms with Crippen LogP contribution in [0.4, 0.5) is 0 Å². The summed E-state index contributed by atoms with van der Waals surface area (Å²) in [7, 11) is 0. The molecule has 0 aromatic carbocycles. The first-order chi connectivity index (χ1) is 8.22. The minimum absolute atomic E-state index is 0.00111. The molecule has 0 unspecified atom stereocenters. The number of hydrogen-bond donors (Lipinski definition) is 2. The fraction of sp³-hybridized carbons (Fsp3) is 0.538. The molecule has 0 bridgehead atoms. The number of aliphatic hydroxyl groups excluding tert-OH is 2. The molecule has 0 aromatic rings. The minimum atomic E-state index is 0.00111. The second-order valence-corrected chi connectivity index (χ2v) is 3.89. The van der Waals surface area contributed by atoms with Crippen LogP contribution in [0.5, 0.6) is 0 Å². The predicted molar refractivity (Wildman–Crippen MR) is 67.3 cm³/mol. The quantitative estimate of drug-likeness (QED) is 0.752. The summed E-state index contributed by atoms with van der Waals surface area (Å²) in [5.74, 6) is 0.627. The monoisotopic (exact) mass is 239 g/mol. The van der Waals surface area contributed by atoms with E-state index in [0.717, 1.165) is 30.8 Å². The van der Waals surface area contributed by atoms with Crippen molar-refractivity contribution in [2.24, 2.45) is 0 Å².